The van der Waals surface area contributed by atoms with Gasteiger partial charge in [0.25, 0.3) is 5.91 Å². The Morgan fingerprint density at radius 1 is 1.42 bits per heavy atom. The summed E-state index contributed by atoms with van der Waals surface area (Å²) < 4.78 is 0.932. The summed E-state index contributed by atoms with van der Waals surface area (Å²) >= 11 is 3.56. The molecule has 1 aromatic carbocycles. The number of halogens is 1. The van der Waals surface area contributed by atoms with E-state index >= 15 is 0 Å². The minimum absolute atomic E-state index is 0.166. The number of amides is 1. The van der Waals surface area contributed by atoms with Gasteiger partial charge in [0, 0.05) is 29.6 Å². The smallest absolute Gasteiger partial charge is 0.255 e. The van der Waals surface area contributed by atoms with Crippen molar-refractivity contribution >= 4 is 21.8 Å². The summed E-state index contributed by atoms with van der Waals surface area (Å²) in [6, 6.07) is 6.61. The number of fused-ring (bicyclic) bond motifs is 1. The highest BCUT2D eigenvalue weighted by Gasteiger charge is 2.44. The predicted octanol–water partition coefficient (Wildman–Crippen LogP) is 2.58. The van der Waals surface area contributed by atoms with E-state index in [9.17, 15) is 4.79 Å². The van der Waals surface area contributed by atoms with Gasteiger partial charge in [-0.05, 0) is 53.7 Å². The van der Waals surface area contributed by atoms with E-state index in [1.54, 1.807) is 0 Å². The number of nitrogens with one attached hydrogen (secondary N) is 1. The van der Waals surface area contributed by atoms with Gasteiger partial charge in [0.1, 0.15) is 0 Å². The van der Waals surface area contributed by atoms with Gasteiger partial charge in [0.15, 0.2) is 0 Å². The molecule has 3 rings (SSSR count). The van der Waals surface area contributed by atoms with Crippen LogP contribution in [0.5, 0.6) is 0 Å². The second-order valence-corrected chi connectivity index (χ2v) is 6.51. The van der Waals surface area contributed by atoms with Crippen molar-refractivity contribution in [2.75, 3.05) is 13.1 Å². The summed E-state index contributed by atoms with van der Waals surface area (Å²) in [7, 11) is 0. The molecular formula is C15H19BrN2O. The van der Waals surface area contributed by atoms with E-state index in [1.165, 1.54) is 0 Å². The third kappa shape index (κ3) is 2.11. The van der Waals surface area contributed by atoms with Crippen LogP contribution in [0.25, 0.3) is 0 Å². The van der Waals surface area contributed by atoms with Crippen LogP contribution in [0.3, 0.4) is 0 Å². The quantitative estimate of drug-likeness (QED) is 0.862. The minimum atomic E-state index is 0.166. The second-order valence-electron chi connectivity index (χ2n) is 5.72. The third-order valence-corrected chi connectivity index (χ3v) is 5.49. The van der Waals surface area contributed by atoms with Crippen LogP contribution < -0.4 is 5.32 Å². The lowest BCUT2D eigenvalue weighted by atomic mass is 10.0. The van der Waals surface area contributed by atoms with Crippen LogP contribution in [-0.4, -0.2) is 36.0 Å². The molecule has 3 nitrogen and oxygen atoms in total. The zero-order valence-electron chi connectivity index (χ0n) is 11.3. The highest BCUT2D eigenvalue weighted by Crippen LogP contribution is 2.34. The van der Waals surface area contributed by atoms with Crippen molar-refractivity contribution in [3.8, 4) is 0 Å². The Hall–Kier alpha value is -0.870. The first-order chi connectivity index (χ1) is 9.09. The Morgan fingerprint density at radius 2 is 2.21 bits per heavy atom. The van der Waals surface area contributed by atoms with Gasteiger partial charge in [0.05, 0.1) is 5.56 Å². The molecule has 0 aromatic heterocycles. The van der Waals surface area contributed by atoms with Crippen molar-refractivity contribution in [2.24, 2.45) is 5.92 Å². The van der Waals surface area contributed by atoms with E-state index in [-0.39, 0.29) is 5.91 Å². The molecule has 1 amide bonds. The van der Waals surface area contributed by atoms with Crippen LogP contribution in [-0.2, 0) is 0 Å². The summed E-state index contributed by atoms with van der Waals surface area (Å²) in [5, 5.41) is 3.40. The fourth-order valence-corrected chi connectivity index (χ4v) is 3.90. The van der Waals surface area contributed by atoms with Crippen LogP contribution >= 0.6 is 15.9 Å². The largest absolute Gasteiger partial charge is 0.331 e. The summed E-state index contributed by atoms with van der Waals surface area (Å²) in [4.78, 5) is 14.9. The number of hydrogen-bond acceptors (Lipinski definition) is 2. The van der Waals surface area contributed by atoms with Crippen LogP contribution in [0.1, 0.15) is 29.3 Å². The first-order valence-corrected chi connectivity index (χ1v) is 7.67. The van der Waals surface area contributed by atoms with Gasteiger partial charge in [-0.3, -0.25) is 4.79 Å². The van der Waals surface area contributed by atoms with Gasteiger partial charge >= 0.3 is 0 Å². The molecule has 2 saturated heterocycles. The maximum Gasteiger partial charge on any atom is 0.255 e. The van der Waals surface area contributed by atoms with Crippen molar-refractivity contribution < 1.29 is 4.79 Å². The SMILES string of the molecule is Cc1cccc(C(=O)N2C(C)CC3CNCC32)c1Br. The van der Waals surface area contributed by atoms with Gasteiger partial charge in [0.2, 0.25) is 0 Å². The lowest BCUT2D eigenvalue weighted by molar-refractivity contribution is 0.0681. The zero-order valence-corrected chi connectivity index (χ0v) is 12.9. The average molecular weight is 323 g/mol. The highest BCUT2D eigenvalue weighted by atomic mass is 79.9. The number of likely N-dealkylation sites (tertiary alicyclic amines) is 1. The minimum Gasteiger partial charge on any atom is -0.331 e. The molecule has 2 aliphatic rings. The van der Waals surface area contributed by atoms with E-state index in [0.717, 1.165) is 35.1 Å². The third-order valence-electron chi connectivity index (χ3n) is 4.44. The van der Waals surface area contributed by atoms with E-state index < -0.39 is 0 Å². The average Bonchev–Trinajstić information content (AvgIpc) is 2.91. The zero-order chi connectivity index (χ0) is 13.6. The monoisotopic (exact) mass is 322 g/mol. The van der Waals surface area contributed by atoms with Crippen molar-refractivity contribution in [1.29, 1.82) is 0 Å². The number of nitrogens with zero attached hydrogens (tertiary/aromatic N) is 1. The molecule has 0 aliphatic carbocycles. The van der Waals surface area contributed by atoms with E-state index in [1.807, 2.05) is 25.1 Å². The van der Waals surface area contributed by atoms with Crippen LogP contribution in [0.2, 0.25) is 0 Å². The first kappa shape index (κ1) is 13.1. The number of hydrogen-bond donors (Lipinski definition) is 1. The molecule has 2 fully saturated rings. The van der Waals surface area contributed by atoms with Gasteiger partial charge in [-0.1, -0.05) is 12.1 Å². The van der Waals surface area contributed by atoms with Crippen molar-refractivity contribution in [1.82, 2.24) is 10.2 Å². The molecule has 2 aliphatic heterocycles. The lowest BCUT2D eigenvalue weighted by Gasteiger charge is -2.28. The summed E-state index contributed by atoms with van der Waals surface area (Å²) in [6.07, 6.45) is 1.12. The van der Waals surface area contributed by atoms with Crippen molar-refractivity contribution in [3.63, 3.8) is 0 Å². The summed E-state index contributed by atoms with van der Waals surface area (Å²) in [5.74, 6) is 0.793. The van der Waals surface area contributed by atoms with Crippen LogP contribution in [0.15, 0.2) is 22.7 Å². The Bertz CT molecular complexity index is 517. The maximum absolute atomic E-state index is 12.8. The van der Waals surface area contributed by atoms with Gasteiger partial charge < -0.3 is 10.2 Å². The normalized spacial score (nSPS) is 29.6. The molecule has 3 unspecified atom stereocenters. The van der Waals surface area contributed by atoms with Crippen LogP contribution in [0, 0.1) is 12.8 Å². The number of carbonyl (C=O) groups excluding carboxylic acids is 1. The summed E-state index contributed by atoms with van der Waals surface area (Å²) in [5.41, 5.74) is 1.90. The maximum atomic E-state index is 12.8. The van der Waals surface area contributed by atoms with Crippen molar-refractivity contribution in [3.05, 3.63) is 33.8 Å². The molecule has 2 heterocycles. The molecule has 0 spiro atoms. The molecule has 1 N–H and O–H groups in total. The Labute approximate surface area is 122 Å². The molecule has 0 radical (unpaired) electrons. The van der Waals surface area contributed by atoms with Crippen molar-refractivity contribution in [2.45, 2.75) is 32.4 Å². The molecule has 19 heavy (non-hydrogen) atoms. The number of aryl methyl sites for hydroxylation is 1. The van der Waals surface area contributed by atoms with Gasteiger partial charge in [-0.25, -0.2) is 0 Å². The molecule has 0 saturated carbocycles. The fraction of sp³-hybridized carbons (Fsp3) is 0.533. The Kier molecular flexibility index (Phi) is 3.39. The number of rotatable bonds is 1. The number of carbonyl (C=O) groups is 1. The topological polar surface area (TPSA) is 32.3 Å². The molecule has 1 aromatic rings. The Morgan fingerprint density at radius 3 is 3.00 bits per heavy atom. The Balaban J connectivity index is 1.93. The van der Waals surface area contributed by atoms with Gasteiger partial charge in [-0.2, -0.15) is 0 Å². The second kappa shape index (κ2) is 4.91. The van der Waals surface area contributed by atoms with E-state index in [2.05, 4.69) is 33.1 Å². The van der Waals surface area contributed by atoms with Gasteiger partial charge in [-0.15, -0.1) is 0 Å². The predicted molar refractivity (Wildman–Crippen MR) is 79.3 cm³/mol. The molecular weight excluding hydrogens is 304 g/mol. The number of benzene rings is 1. The molecule has 4 heteroatoms. The molecule has 102 valence electrons. The van der Waals surface area contributed by atoms with E-state index in [0.29, 0.717) is 18.0 Å². The lowest BCUT2D eigenvalue weighted by Crippen LogP contribution is -2.42. The molecule has 0 bridgehead atoms. The molecule has 3 atom stereocenters. The standard InChI is InChI=1S/C15H19BrN2O/c1-9-4-3-5-12(14(9)16)15(19)18-10(2)6-11-7-17-8-13(11)18/h3-5,10-11,13,17H,6-8H2,1-2H3. The fourth-order valence-electron chi connectivity index (χ4n) is 3.47. The highest BCUT2D eigenvalue weighted by molar-refractivity contribution is 9.10. The van der Waals surface area contributed by atoms with Crippen LogP contribution in [0.4, 0.5) is 0 Å². The summed E-state index contributed by atoms with van der Waals surface area (Å²) in [6.45, 7) is 6.17. The van der Waals surface area contributed by atoms with E-state index in [4.69, 9.17) is 0 Å². The first-order valence-electron chi connectivity index (χ1n) is 6.88.